The Bertz CT molecular complexity index is 780. The lowest BCUT2D eigenvalue weighted by Crippen LogP contribution is -2.45. The summed E-state index contributed by atoms with van der Waals surface area (Å²) in [5.74, 6) is 0.208. The molecule has 1 aromatic carbocycles. The lowest BCUT2D eigenvalue weighted by atomic mass is 10.1. The summed E-state index contributed by atoms with van der Waals surface area (Å²) in [5.41, 5.74) is 0.811. The van der Waals surface area contributed by atoms with Gasteiger partial charge in [0.2, 0.25) is 17.7 Å². The summed E-state index contributed by atoms with van der Waals surface area (Å²) >= 11 is 0. The minimum absolute atomic E-state index is 0.0819. The van der Waals surface area contributed by atoms with Crippen molar-refractivity contribution in [3.05, 3.63) is 54.0 Å². The van der Waals surface area contributed by atoms with Crippen molar-refractivity contribution in [2.45, 2.75) is 38.3 Å². The summed E-state index contributed by atoms with van der Waals surface area (Å²) in [7, 11) is 0. The SMILES string of the molecule is O=C1CCCCC(C(=O)NCc2ccnc(Oc3ccc(F)cc3)c2)N1. The molecule has 0 bridgehead atoms. The second-order valence-electron chi connectivity index (χ2n) is 6.14. The normalized spacial score (nSPS) is 17.1. The zero-order valence-corrected chi connectivity index (χ0v) is 14.2. The zero-order chi connectivity index (χ0) is 18.4. The first kappa shape index (κ1) is 17.8. The molecule has 1 atom stereocenters. The molecule has 6 nitrogen and oxygen atoms in total. The second-order valence-corrected chi connectivity index (χ2v) is 6.14. The maximum Gasteiger partial charge on any atom is 0.242 e. The molecule has 136 valence electrons. The average molecular weight is 357 g/mol. The Kier molecular flexibility index (Phi) is 5.78. The topological polar surface area (TPSA) is 80.3 Å². The van der Waals surface area contributed by atoms with E-state index in [9.17, 15) is 14.0 Å². The van der Waals surface area contributed by atoms with Crippen molar-refractivity contribution < 1.29 is 18.7 Å². The lowest BCUT2D eigenvalue weighted by Gasteiger charge is -2.15. The van der Waals surface area contributed by atoms with Crippen molar-refractivity contribution in [2.24, 2.45) is 0 Å². The molecule has 2 aromatic rings. The third-order valence-corrected chi connectivity index (χ3v) is 4.10. The maximum absolute atomic E-state index is 12.9. The van der Waals surface area contributed by atoms with Gasteiger partial charge in [-0.2, -0.15) is 0 Å². The van der Waals surface area contributed by atoms with E-state index in [0.717, 1.165) is 18.4 Å². The number of carbonyl (C=O) groups excluding carboxylic acids is 2. The van der Waals surface area contributed by atoms with Crippen molar-refractivity contribution in [3.63, 3.8) is 0 Å². The van der Waals surface area contributed by atoms with E-state index < -0.39 is 6.04 Å². The number of halogens is 1. The van der Waals surface area contributed by atoms with E-state index in [0.29, 0.717) is 31.0 Å². The number of nitrogens with one attached hydrogen (secondary N) is 2. The molecular weight excluding hydrogens is 337 g/mol. The monoisotopic (exact) mass is 357 g/mol. The third kappa shape index (κ3) is 5.02. The first-order chi connectivity index (χ1) is 12.6. The van der Waals surface area contributed by atoms with Crippen LogP contribution < -0.4 is 15.4 Å². The smallest absolute Gasteiger partial charge is 0.242 e. The predicted molar refractivity (Wildman–Crippen MR) is 93.0 cm³/mol. The highest BCUT2D eigenvalue weighted by atomic mass is 19.1. The minimum atomic E-state index is -0.484. The quantitative estimate of drug-likeness (QED) is 0.862. The Morgan fingerprint density at radius 2 is 2.08 bits per heavy atom. The van der Waals surface area contributed by atoms with Gasteiger partial charge >= 0.3 is 0 Å². The van der Waals surface area contributed by atoms with Gasteiger partial charge in [-0.3, -0.25) is 9.59 Å². The van der Waals surface area contributed by atoms with E-state index in [2.05, 4.69) is 15.6 Å². The Hall–Kier alpha value is -2.96. The standard InChI is InChI=1S/C19H20FN3O3/c20-14-5-7-15(8-6-14)26-18-11-13(9-10-21-18)12-22-19(25)16-3-1-2-4-17(24)23-16/h5-11,16H,1-4,12H2,(H,22,25)(H,23,24). The van der Waals surface area contributed by atoms with Gasteiger partial charge < -0.3 is 15.4 Å². The first-order valence-corrected chi connectivity index (χ1v) is 8.55. The number of nitrogens with zero attached hydrogens (tertiary/aromatic N) is 1. The maximum atomic E-state index is 12.9. The number of rotatable bonds is 5. The van der Waals surface area contributed by atoms with Gasteiger partial charge in [-0.15, -0.1) is 0 Å². The molecule has 0 radical (unpaired) electrons. The van der Waals surface area contributed by atoms with Crippen LogP contribution in [0.4, 0.5) is 4.39 Å². The molecule has 0 aliphatic carbocycles. The average Bonchev–Trinajstić information content (AvgIpc) is 2.86. The van der Waals surface area contributed by atoms with E-state index in [4.69, 9.17) is 4.74 Å². The van der Waals surface area contributed by atoms with Gasteiger partial charge in [0, 0.05) is 25.2 Å². The Balaban J connectivity index is 1.57. The number of ether oxygens (including phenoxy) is 1. The fraction of sp³-hybridized carbons (Fsp3) is 0.316. The van der Waals surface area contributed by atoms with Crippen molar-refractivity contribution in [2.75, 3.05) is 0 Å². The van der Waals surface area contributed by atoms with Gasteiger partial charge in [0.1, 0.15) is 17.6 Å². The molecule has 1 saturated heterocycles. The molecular formula is C19H20FN3O3. The molecule has 0 saturated carbocycles. The number of pyridine rings is 1. The molecule has 2 amide bonds. The Morgan fingerprint density at radius 1 is 1.27 bits per heavy atom. The summed E-state index contributed by atoms with van der Waals surface area (Å²) in [6.07, 6.45) is 4.35. The van der Waals surface area contributed by atoms with Crippen LogP contribution in [0.15, 0.2) is 42.6 Å². The summed E-state index contributed by atoms with van der Waals surface area (Å²) < 4.78 is 18.5. The number of amides is 2. The lowest BCUT2D eigenvalue weighted by molar-refractivity contribution is -0.128. The molecule has 26 heavy (non-hydrogen) atoms. The van der Waals surface area contributed by atoms with Gasteiger partial charge in [-0.05, 0) is 48.7 Å². The highest BCUT2D eigenvalue weighted by Gasteiger charge is 2.22. The van der Waals surface area contributed by atoms with Gasteiger partial charge in [0.25, 0.3) is 0 Å². The zero-order valence-electron chi connectivity index (χ0n) is 14.2. The number of hydrogen-bond donors (Lipinski definition) is 2. The van der Waals surface area contributed by atoms with Crippen LogP contribution in [0.2, 0.25) is 0 Å². The number of carbonyl (C=O) groups is 2. The Morgan fingerprint density at radius 3 is 2.88 bits per heavy atom. The van der Waals surface area contributed by atoms with Gasteiger partial charge in [-0.1, -0.05) is 6.42 Å². The predicted octanol–water partition coefficient (Wildman–Crippen LogP) is 2.69. The van der Waals surface area contributed by atoms with Crippen molar-refractivity contribution in [1.82, 2.24) is 15.6 Å². The van der Waals surface area contributed by atoms with E-state index in [-0.39, 0.29) is 17.6 Å². The number of benzene rings is 1. The van der Waals surface area contributed by atoms with Crippen LogP contribution in [0, 0.1) is 5.82 Å². The highest BCUT2D eigenvalue weighted by Crippen LogP contribution is 2.20. The largest absolute Gasteiger partial charge is 0.439 e. The third-order valence-electron chi connectivity index (χ3n) is 4.10. The molecule has 0 spiro atoms. The van der Waals surface area contributed by atoms with Crippen LogP contribution in [0.1, 0.15) is 31.2 Å². The van der Waals surface area contributed by atoms with E-state index >= 15 is 0 Å². The van der Waals surface area contributed by atoms with Gasteiger partial charge in [0.05, 0.1) is 0 Å². The first-order valence-electron chi connectivity index (χ1n) is 8.55. The molecule has 2 N–H and O–H groups in total. The fourth-order valence-electron chi connectivity index (χ4n) is 2.72. The molecule has 2 heterocycles. The summed E-state index contributed by atoms with van der Waals surface area (Å²) in [6.45, 7) is 0.299. The summed E-state index contributed by atoms with van der Waals surface area (Å²) in [4.78, 5) is 28.0. The molecule has 1 aromatic heterocycles. The molecule has 3 rings (SSSR count). The van der Waals surface area contributed by atoms with Crippen LogP contribution in [0.25, 0.3) is 0 Å². The fourth-order valence-corrected chi connectivity index (χ4v) is 2.72. The van der Waals surface area contributed by atoms with Crippen LogP contribution >= 0.6 is 0 Å². The number of aromatic nitrogens is 1. The van der Waals surface area contributed by atoms with Crippen molar-refractivity contribution >= 4 is 11.8 Å². The second kappa shape index (κ2) is 8.42. The van der Waals surface area contributed by atoms with Crippen LogP contribution in [-0.4, -0.2) is 22.8 Å². The Labute approximate surface area is 150 Å². The van der Waals surface area contributed by atoms with E-state index in [1.165, 1.54) is 24.3 Å². The molecule has 1 unspecified atom stereocenters. The molecule has 1 fully saturated rings. The van der Waals surface area contributed by atoms with Crippen LogP contribution in [0.3, 0.4) is 0 Å². The van der Waals surface area contributed by atoms with Crippen molar-refractivity contribution in [1.29, 1.82) is 0 Å². The molecule has 7 heteroatoms. The van der Waals surface area contributed by atoms with Gasteiger partial charge in [0.15, 0.2) is 0 Å². The van der Waals surface area contributed by atoms with E-state index in [1.54, 1.807) is 18.3 Å². The molecule has 1 aliphatic rings. The number of hydrogen-bond acceptors (Lipinski definition) is 4. The van der Waals surface area contributed by atoms with E-state index in [1.807, 2.05) is 0 Å². The van der Waals surface area contributed by atoms with Crippen LogP contribution in [-0.2, 0) is 16.1 Å². The minimum Gasteiger partial charge on any atom is -0.439 e. The van der Waals surface area contributed by atoms with Gasteiger partial charge in [-0.25, -0.2) is 9.37 Å². The molecule has 1 aliphatic heterocycles. The summed E-state index contributed by atoms with van der Waals surface area (Å²) in [6, 6.07) is 8.63. The van der Waals surface area contributed by atoms with Crippen molar-refractivity contribution in [3.8, 4) is 11.6 Å². The summed E-state index contributed by atoms with van der Waals surface area (Å²) in [5, 5.41) is 5.57. The highest BCUT2D eigenvalue weighted by molar-refractivity contribution is 5.87. The van der Waals surface area contributed by atoms with Crippen LogP contribution in [0.5, 0.6) is 11.6 Å².